The monoisotopic (exact) mass is 367 g/mol. The van der Waals surface area contributed by atoms with Crippen LogP contribution >= 0.6 is 9.90 Å². The average molecular weight is 365 g/mol. The molecular formula is H3MoPVW. The van der Waals surface area contributed by atoms with E-state index in [0.717, 1.165) is 0 Å². The first kappa shape index (κ1) is 32.5. The Balaban J connectivity index is 0. The molecule has 0 aromatic carbocycles. The molecule has 0 aromatic rings. The zero-order valence-electron chi connectivity index (χ0n) is 1.97. The molecule has 0 aromatic heterocycles. The third-order valence-electron chi connectivity index (χ3n) is 0. The van der Waals surface area contributed by atoms with Gasteiger partial charge in [0.2, 0.25) is 0 Å². The summed E-state index contributed by atoms with van der Waals surface area (Å²) >= 11 is 0. The summed E-state index contributed by atoms with van der Waals surface area (Å²) in [5.74, 6) is 0. The zero-order chi connectivity index (χ0) is 0. The van der Waals surface area contributed by atoms with E-state index in [4.69, 9.17) is 0 Å². The normalized spacial score (nSPS) is 0. The quantitative estimate of drug-likeness (QED) is 0.421. The van der Waals surface area contributed by atoms with Gasteiger partial charge >= 0.3 is 0 Å². The van der Waals surface area contributed by atoms with E-state index < -0.39 is 0 Å². The van der Waals surface area contributed by atoms with Gasteiger partial charge in [-0.15, -0.1) is 0 Å². The van der Waals surface area contributed by atoms with Gasteiger partial charge in [0.1, 0.15) is 0 Å². The second kappa shape index (κ2) is 18.2. The second-order valence-corrected chi connectivity index (χ2v) is 0. The molecule has 0 aliphatic carbocycles. The van der Waals surface area contributed by atoms with E-state index in [0.29, 0.717) is 0 Å². The van der Waals surface area contributed by atoms with Crippen molar-refractivity contribution in [2.45, 2.75) is 0 Å². The maximum atomic E-state index is 0. The van der Waals surface area contributed by atoms with Crippen LogP contribution in [0.25, 0.3) is 0 Å². The van der Waals surface area contributed by atoms with Gasteiger partial charge in [-0.1, -0.05) is 0 Å². The largest absolute Gasteiger partial charge is 0.153 e. The van der Waals surface area contributed by atoms with Gasteiger partial charge in [0.15, 0.2) is 0 Å². The van der Waals surface area contributed by atoms with Gasteiger partial charge in [0.25, 0.3) is 0 Å². The topological polar surface area (TPSA) is 0 Å². The van der Waals surface area contributed by atoms with Crippen molar-refractivity contribution >= 4 is 9.90 Å². The zero-order valence-corrected chi connectivity index (χ0v) is 9.72. The Hall–Kier alpha value is 2.39. The molecule has 0 saturated heterocycles. The molecule has 4 heavy (non-hydrogen) atoms. The van der Waals surface area contributed by atoms with Crippen LogP contribution in [0.2, 0.25) is 0 Å². The minimum absolute atomic E-state index is 0. The van der Waals surface area contributed by atoms with Crippen molar-refractivity contribution in [3.63, 3.8) is 0 Å². The van der Waals surface area contributed by atoms with E-state index in [1.165, 1.54) is 0 Å². The molecule has 0 heterocycles. The molecule has 0 aliphatic heterocycles. The predicted octanol–water partition coefficient (Wildman–Crippen LogP) is 0.0506. The van der Waals surface area contributed by atoms with Crippen molar-refractivity contribution in [3.8, 4) is 0 Å². The van der Waals surface area contributed by atoms with E-state index in [1.807, 2.05) is 0 Å². The first-order chi connectivity index (χ1) is 0. The summed E-state index contributed by atoms with van der Waals surface area (Å²) in [5, 5.41) is 0. The van der Waals surface area contributed by atoms with Gasteiger partial charge in [-0.3, -0.25) is 0 Å². The van der Waals surface area contributed by atoms with E-state index in [9.17, 15) is 0 Å². The fourth-order valence-electron chi connectivity index (χ4n) is 0. The summed E-state index contributed by atoms with van der Waals surface area (Å²) in [6, 6.07) is 0. The first-order valence-corrected chi connectivity index (χ1v) is 0. The van der Waals surface area contributed by atoms with Gasteiger partial charge in [-0.05, 0) is 0 Å². The molecule has 0 saturated carbocycles. The van der Waals surface area contributed by atoms with E-state index in [1.54, 1.807) is 0 Å². The van der Waals surface area contributed by atoms with Gasteiger partial charge in [0.05, 0.1) is 0 Å². The van der Waals surface area contributed by atoms with E-state index >= 15 is 0 Å². The van der Waals surface area contributed by atoms with Crippen LogP contribution < -0.4 is 0 Å². The molecule has 1 unspecified atom stereocenters. The molecule has 0 rings (SSSR count). The third kappa shape index (κ3) is 8.83. The Kier molecular flexibility index (Phi) is 148. The molecule has 0 spiro atoms. The summed E-state index contributed by atoms with van der Waals surface area (Å²) < 4.78 is 0. The van der Waals surface area contributed by atoms with Gasteiger partial charge < -0.3 is 0 Å². The van der Waals surface area contributed by atoms with Crippen LogP contribution in [0.1, 0.15) is 0 Å². The Bertz CT molecular complexity index is 8.00. The fraction of sp³-hybridized carbons (Fsp3) is 0. The van der Waals surface area contributed by atoms with Crippen molar-refractivity contribution in [1.29, 1.82) is 0 Å². The minimum atomic E-state index is 0. The van der Waals surface area contributed by atoms with E-state index in [2.05, 4.69) is 0 Å². The maximum absolute atomic E-state index is 0. The maximum Gasteiger partial charge on any atom is 0 e. The van der Waals surface area contributed by atoms with Crippen molar-refractivity contribution in [2.24, 2.45) is 0 Å². The number of rotatable bonds is 0. The summed E-state index contributed by atoms with van der Waals surface area (Å²) in [5.41, 5.74) is 0. The van der Waals surface area contributed by atoms with Crippen LogP contribution in [0, 0.1) is 0 Å². The van der Waals surface area contributed by atoms with Crippen LogP contribution in [0.15, 0.2) is 0 Å². The van der Waals surface area contributed by atoms with Crippen molar-refractivity contribution in [3.05, 3.63) is 0 Å². The molecule has 4 heteroatoms. The second-order valence-electron chi connectivity index (χ2n) is 0. The third-order valence-corrected chi connectivity index (χ3v) is 0. The fourth-order valence-corrected chi connectivity index (χ4v) is 0. The minimum Gasteiger partial charge on any atom is -0.153 e. The summed E-state index contributed by atoms with van der Waals surface area (Å²) in [7, 11) is 0. The Morgan fingerprint density at radius 2 is 1.00 bits per heavy atom. The Labute approximate surface area is 69.9 Å². The van der Waals surface area contributed by atoms with Crippen LogP contribution in [-0.2, 0) is 60.7 Å². The molecule has 0 amide bonds. The summed E-state index contributed by atoms with van der Waals surface area (Å²) in [6.07, 6.45) is 0. The van der Waals surface area contributed by atoms with Gasteiger partial charge in [0, 0.05) is 60.7 Å². The molecule has 0 N–H and O–H groups in total. The summed E-state index contributed by atoms with van der Waals surface area (Å²) in [6.45, 7) is 0. The summed E-state index contributed by atoms with van der Waals surface area (Å²) in [4.78, 5) is 0. The first-order valence-electron chi connectivity index (χ1n) is 0. The Morgan fingerprint density at radius 1 is 1.00 bits per heavy atom. The van der Waals surface area contributed by atoms with Gasteiger partial charge in [-0.2, -0.15) is 9.90 Å². The molecule has 0 bridgehead atoms. The SMILES string of the molecule is P.[Mo].[V].[W]. The van der Waals surface area contributed by atoms with Crippen LogP contribution in [-0.4, -0.2) is 0 Å². The van der Waals surface area contributed by atoms with Crippen molar-refractivity contribution < 1.29 is 60.7 Å². The van der Waals surface area contributed by atoms with Crippen LogP contribution in [0.5, 0.6) is 0 Å². The van der Waals surface area contributed by atoms with Crippen molar-refractivity contribution in [1.82, 2.24) is 0 Å². The number of hydrogen-bond acceptors (Lipinski definition) is 0. The van der Waals surface area contributed by atoms with Gasteiger partial charge in [-0.25, -0.2) is 0 Å². The number of hydrogen-bond donors (Lipinski definition) is 0. The molecule has 25 valence electrons. The molecule has 1 atom stereocenters. The van der Waals surface area contributed by atoms with Crippen molar-refractivity contribution in [2.75, 3.05) is 0 Å². The molecule has 0 nitrogen and oxygen atoms in total. The Morgan fingerprint density at radius 3 is 1.00 bits per heavy atom. The van der Waals surface area contributed by atoms with E-state index in [-0.39, 0.29) is 70.6 Å². The van der Waals surface area contributed by atoms with Crippen LogP contribution in [0.4, 0.5) is 0 Å². The smallest absolute Gasteiger partial charge is 0 e. The average Bonchev–Trinajstić information content (AvgIpc) is 0. The molecule has 1 radical (unpaired) electrons. The van der Waals surface area contributed by atoms with Crippen LogP contribution in [0.3, 0.4) is 0 Å². The molecule has 0 aliphatic rings. The molecule has 0 fully saturated rings. The molecular weight excluding hydrogens is 362 g/mol. The predicted molar refractivity (Wildman–Crippen MR) is 11.1 cm³/mol. The standard InChI is InChI=1S/Mo.H3P.V.W/h;1H3;;.